The smallest absolute Gasteiger partial charge is 0.328 e. The highest BCUT2D eigenvalue weighted by atomic mass is 16.5. The molecule has 0 spiro atoms. The van der Waals surface area contributed by atoms with Crippen molar-refractivity contribution in [3.8, 4) is 5.75 Å². The lowest BCUT2D eigenvalue weighted by Crippen LogP contribution is -1.99. The van der Waals surface area contributed by atoms with Crippen LogP contribution in [0.5, 0.6) is 5.75 Å². The van der Waals surface area contributed by atoms with E-state index < -0.39 is 5.97 Å². The number of hydrogen-bond donors (Lipinski definition) is 1. The van der Waals surface area contributed by atoms with Gasteiger partial charge in [0.1, 0.15) is 5.75 Å². The van der Waals surface area contributed by atoms with Crippen molar-refractivity contribution in [2.45, 2.75) is 45.4 Å². The second kappa shape index (κ2) is 10.1. The normalized spacial score (nSPS) is 10.8. The molecule has 0 saturated heterocycles. The molecule has 0 unspecified atom stereocenters. The van der Waals surface area contributed by atoms with Gasteiger partial charge in [0.15, 0.2) is 0 Å². The number of benzene rings is 1. The first-order valence-electron chi connectivity index (χ1n) is 7.37. The Hall–Kier alpha value is -1.77. The minimum absolute atomic E-state index is 0.685. The second-order valence-corrected chi connectivity index (χ2v) is 4.83. The zero-order valence-corrected chi connectivity index (χ0v) is 12.2. The molecule has 0 fully saturated rings. The molecule has 0 radical (unpaired) electrons. The Morgan fingerprint density at radius 2 is 1.85 bits per heavy atom. The number of unbranched alkanes of at least 4 members (excludes halogenated alkanes) is 5. The summed E-state index contributed by atoms with van der Waals surface area (Å²) in [4.78, 5) is 10.5. The zero-order chi connectivity index (χ0) is 14.6. The molecule has 0 amide bonds. The van der Waals surface area contributed by atoms with Crippen molar-refractivity contribution in [1.29, 1.82) is 0 Å². The molecule has 20 heavy (non-hydrogen) atoms. The Morgan fingerprint density at radius 3 is 2.60 bits per heavy atom. The van der Waals surface area contributed by atoms with Crippen LogP contribution in [-0.4, -0.2) is 17.7 Å². The van der Waals surface area contributed by atoms with E-state index in [1.165, 1.54) is 32.1 Å². The van der Waals surface area contributed by atoms with E-state index in [9.17, 15) is 4.79 Å². The average Bonchev–Trinajstić information content (AvgIpc) is 2.45. The highest BCUT2D eigenvalue weighted by molar-refractivity contribution is 5.85. The van der Waals surface area contributed by atoms with E-state index in [2.05, 4.69) is 6.92 Å². The van der Waals surface area contributed by atoms with Crippen LogP contribution in [0.15, 0.2) is 30.3 Å². The summed E-state index contributed by atoms with van der Waals surface area (Å²) in [6, 6.07) is 7.50. The van der Waals surface area contributed by atoms with Crippen molar-refractivity contribution >= 4 is 12.0 Å². The molecular formula is C17H24O3. The van der Waals surface area contributed by atoms with Crippen molar-refractivity contribution in [1.82, 2.24) is 0 Å². The van der Waals surface area contributed by atoms with Crippen molar-refractivity contribution in [3.63, 3.8) is 0 Å². The molecule has 1 N–H and O–H groups in total. The second-order valence-electron chi connectivity index (χ2n) is 4.83. The maximum atomic E-state index is 10.5. The molecule has 3 nitrogen and oxygen atoms in total. The number of carbonyl (C=O) groups is 1. The van der Waals surface area contributed by atoms with Gasteiger partial charge in [-0.25, -0.2) is 4.79 Å². The van der Waals surface area contributed by atoms with Gasteiger partial charge in [0.25, 0.3) is 0 Å². The van der Waals surface area contributed by atoms with E-state index in [-0.39, 0.29) is 0 Å². The third-order valence-corrected chi connectivity index (χ3v) is 3.08. The molecule has 0 aliphatic heterocycles. The molecule has 1 aromatic carbocycles. The lowest BCUT2D eigenvalue weighted by Gasteiger charge is -2.09. The lowest BCUT2D eigenvalue weighted by molar-refractivity contribution is -0.131. The monoisotopic (exact) mass is 276 g/mol. The highest BCUT2D eigenvalue weighted by Crippen LogP contribution is 2.20. The van der Waals surface area contributed by atoms with Crippen LogP contribution in [0.1, 0.15) is 51.0 Å². The van der Waals surface area contributed by atoms with Crippen LogP contribution >= 0.6 is 0 Å². The maximum Gasteiger partial charge on any atom is 0.328 e. The number of carboxylic acids is 1. The molecule has 0 atom stereocenters. The average molecular weight is 276 g/mol. The van der Waals surface area contributed by atoms with Gasteiger partial charge in [-0.3, -0.25) is 0 Å². The van der Waals surface area contributed by atoms with E-state index in [0.717, 1.165) is 23.8 Å². The van der Waals surface area contributed by atoms with Crippen molar-refractivity contribution in [3.05, 3.63) is 35.9 Å². The van der Waals surface area contributed by atoms with Crippen LogP contribution in [0.2, 0.25) is 0 Å². The van der Waals surface area contributed by atoms with Crippen LogP contribution in [0, 0.1) is 0 Å². The van der Waals surface area contributed by atoms with E-state index in [4.69, 9.17) is 9.84 Å². The van der Waals surface area contributed by atoms with Gasteiger partial charge in [0, 0.05) is 11.6 Å². The number of carboxylic acid groups (broad SMARTS) is 1. The minimum Gasteiger partial charge on any atom is -0.493 e. The summed E-state index contributed by atoms with van der Waals surface area (Å²) in [5.41, 5.74) is 0.806. The van der Waals surface area contributed by atoms with Gasteiger partial charge >= 0.3 is 5.97 Å². The van der Waals surface area contributed by atoms with Gasteiger partial charge in [-0.15, -0.1) is 0 Å². The standard InChI is InChI=1S/C17H24O3/c1-2-3-4-5-6-9-14-20-16-11-8-7-10-15(16)12-13-17(18)19/h7-8,10-13H,2-6,9,14H2,1H3,(H,18,19). The Balaban J connectivity index is 2.34. The van der Waals surface area contributed by atoms with Crippen LogP contribution in [0.3, 0.4) is 0 Å². The minimum atomic E-state index is -0.948. The Morgan fingerprint density at radius 1 is 1.15 bits per heavy atom. The van der Waals surface area contributed by atoms with E-state index in [0.29, 0.717) is 6.61 Å². The van der Waals surface area contributed by atoms with Crippen molar-refractivity contribution < 1.29 is 14.6 Å². The predicted molar refractivity (Wildman–Crippen MR) is 82.0 cm³/mol. The summed E-state index contributed by atoms with van der Waals surface area (Å²) in [5, 5.41) is 8.65. The summed E-state index contributed by atoms with van der Waals surface area (Å²) in [6.07, 6.45) is 10.1. The largest absolute Gasteiger partial charge is 0.493 e. The van der Waals surface area contributed by atoms with Crippen LogP contribution < -0.4 is 4.74 Å². The SMILES string of the molecule is CCCCCCCCOc1ccccc1C=CC(=O)O. The van der Waals surface area contributed by atoms with Gasteiger partial charge in [-0.05, 0) is 18.6 Å². The number of ether oxygens (including phenoxy) is 1. The first kappa shape index (κ1) is 16.3. The van der Waals surface area contributed by atoms with E-state index in [1.807, 2.05) is 24.3 Å². The number of aliphatic carboxylic acids is 1. The number of para-hydroxylation sites is 1. The fraction of sp³-hybridized carbons (Fsp3) is 0.471. The topological polar surface area (TPSA) is 46.5 Å². The predicted octanol–water partition coefficient (Wildman–Crippen LogP) is 4.52. The Labute approximate surface area is 121 Å². The van der Waals surface area contributed by atoms with Gasteiger partial charge in [0.05, 0.1) is 6.61 Å². The lowest BCUT2D eigenvalue weighted by atomic mass is 10.1. The summed E-state index contributed by atoms with van der Waals surface area (Å²) in [6.45, 7) is 2.90. The molecule has 0 aliphatic rings. The molecular weight excluding hydrogens is 252 g/mol. The Bertz CT molecular complexity index is 424. The molecule has 0 saturated carbocycles. The molecule has 1 aromatic rings. The van der Waals surface area contributed by atoms with Gasteiger partial charge < -0.3 is 9.84 Å². The van der Waals surface area contributed by atoms with Crippen molar-refractivity contribution in [2.75, 3.05) is 6.61 Å². The molecule has 3 heteroatoms. The molecule has 0 aliphatic carbocycles. The molecule has 110 valence electrons. The summed E-state index contributed by atoms with van der Waals surface area (Å²) >= 11 is 0. The number of hydrogen-bond acceptors (Lipinski definition) is 2. The van der Waals surface area contributed by atoms with Gasteiger partial charge in [0.2, 0.25) is 0 Å². The first-order valence-corrected chi connectivity index (χ1v) is 7.37. The van der Waals surface area contributed by atoms with Crippen LogP contribution in [0.4, 0.5) is 0 Å². The van der Waals surface area contributed by atoms with Gasteiger partial charge in [-0.2, -0.15) is 0 Å². The van der Waals surface area contributed by atoms with Crippen LogP contribution in [0.25, 0.3) is 6.08 Å². The quantitative estimate of drug-likeness (QED) is 0.504. The fourth-order valence-electron chi connectivity index (χ4n) is 1.98. The zero-order valence-electron chi connectivity index (χ0n) is 12.2. The molecule has 0 heterocycles. The summed E-state index contributed by atoms with van der Waals surface area (Å²) in [7, 11) is 0. The highest BCUT2D eigenvalue weighted by Gasteiger charge is 2.00. The third-order valence-electron chi connectivity index (χ3n) is 3.08. The summed E-state index contributed by atoms with van der Waals surface area (Å²) < 4.78 is 5.73. The Kier molecular flexibility index (Phi) is 8.20. The van der Waals surface area contributed by atoms with Crippen molar-refractivity contribution in [2.24, 2.45) is 0 Å². The van der Waals surface area contributed by atoms with Gasteiger partial charge in [-0.1, -0.05) is 57.2 Å². The molecule has 0 bridgehead atoms. The van der Waals surface area contributed by atoms with Crippen LogP contribution in [-0.2, 0) is 4.79 Å². The fourth-order valence-corrected chi connectivity index (χ4v) is 1.98. The molecule has 1 rings (SSSR count). The molecule has 0 aromatic heterocycles. The van der Waals surface area contributed by atoms with E-state index >= 15 is 0 Å². The number of rotatable bonds is 10. The van der Waals surface area contributed by atoms with E-state index in [1.54, 1.807) is 6.08 Å². The first-order chi connectivity index (χ1) is 9.74. The maximum absolute atomic E-state index is 10.5. The summed E-state index contributed by atoms with van der Waals surface area (Å²) in [5.74, 6) is -0.200. The third kappa shape index (κ3) is 6.98.